The fourth-order valence-corrected chi connectivity index (χ4v) is 4.19. The highest BCUT2D eigenvalue weighted by Gasteiger charge is 2.29. The van der Waals surface area contributed by atoms with Crippen molar-refractivity contribution in [2.75, 3.05) is 11.4 Å². The fourth-order valence-electron chi connectivity index (χ4n) is 3.69. The van der Waals surface area contributed by atoms with Gasteiger partial charge in [-0.1, -0.05) is 71.4 Å². The van der Waals surface area contributed by atoms with Crippen LogP contribution < -0.4 is 4.90 Å². The van der Waals surface area contributed by atoms with Crippen molar-refractivity contribution in [1.82, 2.24) is 0 Å². The zero-order valence-corrected chi connectivity index (χ0v) is 15.2. The van der Waals surface area contributed by atoms with Crippen LogP contribution in [0.2, 0.25) is 0 Å². The van der Waals surface area contributed by atoms with E-state index in [1.807, 2.05) is 18.2 Å². The van der Waals surface area contributed by atoms with Gasteiger partial charge in [-0.3, -0.25) is 5.41 Å². The molecule has 24 heavy (non-hydrogen) atoms. The van der Waals surface area contributed by atoms with Crippen LogP contribution in [0, 0.1) is 5.41 Å². The summed E-state index contributed by atoms with van der Waals surface area (Å²) in [5, 5.41) is 11.2. The van der Waals surface area contributed by atoms with Gasteiger partial charge < -0.3 is 4.90 Å². The van der Waals surface area contributed by atoms with Gasteiger partial charge in [-0.15, -0.1) is 0 Å². The van der Waals surface area contributed by atoms with Gasteiger partial charge in [0.05, 0.1) is 0 Å². The Labute approximate surface area is 150 Å². The summed E-state index contributed by atoms with van der Waals surface area (Å²) in [6.07, 6.45) is 0.670. The lowest BCUT2D eigenvalue weighted by Gasteiger charge is -2.21. The van der Waals surface area contributed by atoms with E-state index in [9.17, 15) is 0 Å². The van der Waals surface area contributed by atoms with E-state index in [2.05, 4.69) is 70.2 Å². The lowest BCUT2D eigenvalue weighted by Crippen LogP contribution is -2.30. The van der Waals surface area contributed by atoms with Gasteiger partial charge in [0.1, 0.15) is 5.84 Å². The summed E-state index contributed by atoms with van der Waals surface area (Å²) in [5.74, 6) is 1.09. The maximum Gasteiger partial charge on any atom is 0.105 e. The number of amidine groups is 1. The van der Waals surface area contributed by atoms with Crippen LogP contribution in [0.5, 0.6) is 0 Å². The quantitative estimate of drug-likeness (QED) is 0.446. The average Bonchev–Trinajstić information content (AvgIpc) is 2.94. The summed E-state index contributed by atoms with van der Waals surface area (Å²) in [7, 11) is 0. The van der Waals surface area contributed by atoms with Gasteiger partial charge in [0, 0.05) is 29.0 Å². The summed E-state index contributed by atoms with van der Waals surface area (Å²) < 4.78 is 1.13. The standard InChI is InChI=1S/C21H19BrN2/c1-14-13-24(20(23)12-15-6-3-2-4-7-15)19-11-10-16-17(21(14)19)8-5-9-18(16)22/h2-11,14,23H,12-13H2,1H3. The van der Waals surface area contributed by atoms with Gasteiger partial charge in [-0.25, -0.2) is 0 Å². The highest BCUT2D eigenvalue weighted by atomic mass is 79.9. The van der Waals surface area contributed by atoms with Crippen molar-refractivity contribution < 1.29 is 0 Å². The first-order chi connectivity index (χ1) is 11.6. The number of anilines is 1. The van der Waals surface area contributed by atoms with Crippen LogP contribution >= 0.6 is 15.9 Å². The third-order valence-electron chi connectivity index (χ3n) is 4.81. The van der Waals surface area contributed by atoms with Crippen LogP contribution in [0.25, 0.3) is 10.8 Å². The minimum absolute atomic E-state index is 0.425. The number of nitrogens with zero attached hydrogens (tertiary/aromatic N) is 1. The predicted octanol–water partition coefficient (Wildman–Crippen LogP) is 5.75. The molecule has 0 spiro atoms. The van der Waals surface area contributed by atoms with Crippen molar-refractivity contribution in [3.05, 3.63) is 76.3 Å². The molecule has 4 rings (SSSR count). The highest BCUT2D eigenvalue weighted by Crippen LogP contribution is 2.42. The van der Waals surface area contributed by atoms with Crippen LogP contribution in [0.1, 0.15) is 24.0 Å². The number of benzene rings is 3. The maximum absolute atomic E-state index is 8.61. The molecule has 1 aliphatic rings. The zero-order chi connectivity index (χ0) is 16.7. The zero-order valence-electron chi connectivity index (χ0n) is 13.6. The Morgan fingerprint density at radius 3 is 2.62 bits per heavy atom. The van der Waals surface area contributed by atoms with Gasteiger partial charge in [-0.2, -0.15) is 0 Å². The third-order valence-corrected chi connectivity index (χ3v) is 5.50. The van der Waals surface area contributed by atoms with Crippen molar-refractivity contribution in [1.29, 1.82) is 5.41 Å². The first kappa shape index (κ1) is 15.4. The van der Waals surface area contributed by atoms with Crippen molar-refractivity contribution in [3.8, 4) is 0 Å². The Morgan fingerprint density at radius 2 is 1.83 bits per heavy atom. The molecule has 0 saturated carbocycles. The van der Waals surface area contributed by atoms with E-state index in [0.29, 0.717) is 18.2 Å². The van der Waals surface area contributed by atoms with Crippen molar-refractivity contribution in [2.24, 2.45) is 0 Å². The van der Waals surface area contributed by atoms with Gasteiger partial charge in [0.25, 0.3) is 0 Å². The Balaban J connectivity index is 1.74. The molecule has 1 aliphatic heterocycles. The molecular weight excluding hydrogens is 360 g/mol. The molecule has 0 aliphatic carbocycles. The van der Waals surface area contributed by atoms with Gasteiger partial charge >= 0.3 is 0 Å². The predicted molar refractivity (Wildman–Crippen MR) is 105 cm³/mol. The molecule has 3 heteroatoms. The summed E-state index contributed by atoms with van der Waals surface area (Å²) in [6, 6.07) is 21.0. The number of hydrogen-bond acceptors (Lipinski definition) is 1. The second-order valence-corrected chi connectivity index (χ2v) is 7.31. The molecular formula is C21H19BrN2. The molecule has 1 N–H and O–H groups in total. The Hall–Kier alpha value is -2.13. The Kier molecular flexibility index (Phi) is 3.89. The molecule has 0 amide bonds. The molecule has 3 aromatic rings. The van der Waals surface area contributed by atoms with Crippen LogP contribution in [-0.2, 0) is 6.42 Å². The molecule has 1 atom stereocenters. The molecule has 3 aromatic carbocycles. The van der Waals surface area contributed by atoms with E-state index < -0.39 is 0 Å². The minimum atomic E-state index is 0.425. The summed E-state index contributed by atoms with van der Waals surface area (Å²) in [5.41, 5.74) is 3.74. The Morgan fingerprint density at radius 1 is 1.04 bits per heavy atom. The monoisotopic (exact) mass is 378 g/mol. The van der Waals surface area contributed by atoms with Crippen LogP contribution in [0.4, 0.5) is 5.69 Å². The topological polar surface area (TPSA) is 27.1 Å². The van der Waals surface area contributed by atoms with Crippen LogP contribution in [0.15, 0.2) is 65.1 Å². The van der Waals surface area contributed by atoms with Crippen molar-refractivity contribution >= 4 is 38.2 Å². The number of rotatable bonds is 2. The summed E-state index contributed by atoms with van der Waals surface area (Å²) in [6.45, 7) is 3.14. The van der Waals surface area contributed by atoms with E-state index in [0.717, 1.165) is 11.0 Å². The van der Waals surface area contributed by atoms with E-state index in [1.165, 1.54) is 27.6 Å². The summed E-state index contributed by atoms with van der Waals surface area (Å²) in [4.78, 5) is 2.17. The molecule has 0 aromatic heterocycles. The molecule has 0 fully saturated rings. The first-order valence-electron chi connectivity index (χ1n) is 8.25. The van der Waals surface area contributed by atoms with Gasteiger partial charge in [0.15, 0.2) is 0 Å². The van der Waals surface area contributed by atoms with Crippen LogP contribution in [0.3, 0.4) is 0 Å². The van der Waals surface area contributed by atoms with E-state index in [1.54, 1.807) is 0 Å². The highest BCUT2D eigenvalue weighted by molar-refractivity contribution is 9.10. The minimum Gasteiger partial charge on any atom is -0.329 e. The van der Waals surface area contributed by atoms with Crippen molar-refractivity contribution in [2.45, 2.75) is 19.3 Å². The van der Waals surface area contributed by atoms with Gasteiger partial charge in [-0.05, 0) is 34.0 Å². The Bertz CT molecular complexity index is 918. The SMILES string of the molecule is CC1CN(C(=N)Cc2ccccc2)c2ccc3c(Br)cccc3c21. The normalized spacial score (nSPS) is 16.4. The smallest absolute Gasteiger partial charge is 0.105 e. The van der Waals surface area contributed by atoms with E-state index in [-0.39, 0.29) is 0 Å². The molecule has 1 unspecified atom stereocenters. The second-order valence-electron chi connectivity index (χ2n) is 6.45. The molecule has 120 valence electrons. The number of hydrogen-bond donors (Lipinski definition) is 1. The average molecular weight is 379 g/mol. The van der Waals surface area contributed by atoms with Gasteiger partial charge in [0.2, 0.25) is 0 Å². The number of fused-ring (bicyclic) bond motifs is 3. The maximum atomic E-state index is 8.61. The largest absolute Gasteiger partial charge is 0.329 e. The molecule has 0 saturated heterocycles. The second kappa shape index (κ2) is 6.06. The van der Waals surface area contributed by atoms with Crippen LogP contribution in [-0.4, -0.2) is 12.4 Å². The first-order valence-corrected chi connectivity index (χ1v) is 9.04. The summed E-state index contributed by atoms with van der Waals surface area (Å²) >= 11 is 3.66. The van der Waals surface area contributed by atoms with Crippen molar-refractivity contribution in [3.63, 3.8) is 0 Å². The molecule has 0 radical (unpaired) electrons. The molecule has 2 nitrogen and oxygen atoms in total. The molecule has 0 bridgehead atoms. The lowest BCUT2D eigenvalue weighted by atomic mass is 9.96. The number of nitrogens with one attached hydrogen (secondary N) is 1. The third kappa shape index (κ3) is 2.53. The molecule has 1 heterocycles. The van der Waals surface area contributed by atoms with E-state index in [4.69, 9.17) is 5.41 Å². The lowest BCUT2D eigenvalue weighted by molar-refractivity contribution is 0.820. The number of halogens is 1. The fraction of sp³-hybridized carbons (Fsp3) is 0.190. The van der Waals surface area contributed by atoms with E-state index >= 15 is 0 Å².